The molecule has 0 fully saturated rings. The highest BCUT2D eigenvalue weighted by Gasteiger charge is 2.14. The van der Waals surface area contributed by atoms with E-state index >= 15 is 0 Å². The molecule has 0 heterocycles. The van der Waals surface area contributed by atoms with Crippen molar-refractivity contribution < 1.29 is 9.47 Å². The molecular weight excluding hydrogens is 306 g/mol. The first-order valence-corrected chi connectivity index (χ1v) is 6.77. The maximum atomic E-state index is 6.01. The summed E-state index contributed by atoms with van der Waals surface area (Å²) in [7, 11) is 1.63. The highest BCUT2D eigenvalue weighted by Crippen LogP contribution is 2.35. The molecule has 0 aliphatic carbocycles. The molecule has 3 nitrogen and oxygen atoms in total. The molecular formula is C15H16BrNO2. The van der Waals surface area contributed by atoms with Crippen LogP contribution in [0, 0.1) is 0 Å². The van der Waals surface area contributed by atoms with Crippen LogP contribution in [0.4, 0.5) is 0 Å². The number of nitrogens with two attached hydrogens (primary N) is 1. The van der Waals surface area contributed by atoms with Crippen LogP contribution in [-0.4, -0.2) is 7.11 Å². The topological polar surface area (TPSA) is 44.5 Å². The molecule has 0 saturated heterocycles. The molecule has 2 aromatic rings. The van der Waals surface area contributed by atoms with E-state index in [1.807, 2.05) is 49.4 Å². The van der Waals surface area contributed by atoms with Crippen LogP contribution in [0.25, 0.3) is 0 Å². The van der Waals surface area contributed by atoms with E-state index in [1.165, 1.54) is 0 Å². The fourth-order valence-corrected chi connectivity index (χ4v) is 2.28. The van der Waals surface area contributed by atoms with Gasteiger partial charge in [0.1, 0.15) is 17.2 Å². The standard InChI is InChI=1S/C15H16BrNO2/c1-10(17)15-13(18-2)7-4-8-14(15)19-12-6-3-5-11(16)9-12/h3-10H,17H2,1-2H3/t10-/m1/s1. The smallest absolute Gasteiger partial charge is 0.135 e. The summed E-state index contributed by atoms with van der Waals surface area (Å²) in [5.74, 6) is 2.21. The summed E-state index contributed by atoms with van der Waals surface area (Å²) in [4.78, 5) is 0. The van der Waals surface area contributed by atoms with Crippen LogP contribution >= 0.6 is 15.9 Å². The van der Waals surface area contributed by atoms with Crippen LogP contribution in [0.15, 0.2) is 46.9 Å². The molecule has 0 aliphatic heterocycles. The van der Waals surface area contributed by atoms with Gasteiger partial charge in [-0.05, 0) is 37.3 Å². The van der Waals surface area contributed by atoms with E-state index < -0.39 is 0 Å². The largest absolute Gasteiger partial charge is 0.496 e. The monoisotopic (exact) mass is 321 g/mol. The van der Waals surface area contributed by atoms with Gasteiger partial charge in [-0.3, -0.25) is 0 Å². The minimum Gasteiger partial charge on any atom is -0.496 e. The van der Waals surface area contributed by atoms with Gasteiger partial charge in [-0.1, -0.05) is 28.1 Å². The van der Waals surface area contributed by atoms with Crippen molar-refractivity contribution in [3.63, 3.8) is 0 Å². The lowest BCUT2D eigenvalue weighted by Gasteiger charge is -2.17. The minimum absolute atomic E-state index is 0.168. The van der Waals surface area contributed by atoms with E-state index in [9.17, 15) is 0 Å². The van der Waals surface area contributed by atoms with Gasteiger partial charge in [0.2, 0.25) is 0 Å². The predicted molar refractivity (Wildman–Crippen MR) is 79.8 cm³/mol. The van der Waals surface area contributed by atoms with Crippen LogP contribution < -0.4 is 15.2 Å². The number of ether oxygens (including phenoxy) is 2. The average molecular weight is 322 g/mol. The van der Waals surface area contributed by atoms with Crippen LogP contribution in [0.5, 0.6) is 17.2 Å². The fourth-order valence-electron chi connectivity index (χ4n) is 1.90. The van der Waals surface area contributed by atoms with Gasteiger partial charge in [0.15, 0.2) is 0 Å². The zero-order chi connectivity index (χ0) is 13.8. The second kappa shape index (κ2) is 6.08. The molecule has 0 bridgehead atoms. The first-order valence-electron chi connectivity index (χ1n) is 5.97. The van der Waals surface area contributed by atoms with Gasteiger partial charge in [-0.25, -0.2) is 0 Å². The molecule has 2 N–H and O–H groups in total. The van der Waals surface area contributed by atoms with Gasteiger partial charge in [0.05, 0.1) is 12.7 Å². The van der Waals surface area contributed by atoms with Gasteiger partial charge in [0.25, 0.3) is 0 Å². The summed E-state index contributed by atoms with van der Waals surface area (Å²) < 4.78 is 12.2. The van der Waals surface area contributed by atoms with Crippen molar-refractivity contribution in [1.82, 2.24) is 0 Å². The lowest BCUT2D eigenvalue weighted by molar-refractivity contribution is 0.397. The van der Waals surface area contributed by atoms with E-state index in [0.29, 0.717) is 5.75 Å². The van der Waals surface area contributed by atoms with Crippen molar-refractivity contribution in [3.8, 4) is 17.2 Å². The van der Waals surface area contributed by atoms with Gasteiger partial charge in [-0.2, -0.15) is 0 Å². The highest BCUT2D eigenvalue weighted by molar-refractivity contribution is 9.10. The zero-order valence-electron chi connectivity index (χ0n) is 10.9. The predicted octanol–water partition coefficient (Wildman–Crippen LogP) is 4.27. The van der Waals surface area contributed by atoms with Crippen molar-refractivity contribution in [3.05, 3.63) is 52.5 Å². The van der Waals surface area contributed by atoms with E-state index in [2.05, 4.69) is 15.9 Å². The lowest BCUT2D eigenvalue weighted by Crippen LogP contribution is -2.08. The molecule has 19 heavy (non-hydrogen) atoms. The summed E-state index contributed by atoms with van der Waals surface area (Å²) in [5, 5.41) is 0. The molecule has 100 valence electrons. The summed E-state index contributed by atoms with van der Waals surface area (Å²) in [6.07, 6.45) is 0. The second-order valence-electron chi connectivity index (χ2n) is 4.22. The first kappa shape index (κ1) is 13.9. The third kappa shape index (κ3) is 3.28. The Morgan fingerprint density at radius 1 is 1.11 bits per heavy atom. The summed E-state index contributed by atoms with van der Waals surface area (Å²) in [6.45, 7) is 1.91. The molecule has 0 aliphatic rings. The van der Waals surface area contributed by atoms with Crippen molar-refractivity contribution in [2.24, 2.45) is 5.73 Å². The van der Waals surface area contributed by atoms with E-state index in [-0.39, 0.29) is 6.04 Å². The van der Waals surface area contributed by atoms with Crippen LogP contribution in [0.3, 0.4) is 0 Å². The van der Waals surface area contributed by atoms with Crippen molar-refractivity contribution >= 4 is 15.9 Å². The van der Waals surface area contributed by atoms with Gasteiger partial charge < -0.3 is 15.2 Å². The first-order chi connectivity index (χ1) is 9.11. The third-order valence-electron chi connectivity index (χ3n) is 2.73. The lowest BCUT2D eigenvalue weighted by atomic mass is 10.1. The summed E-state index contributed by atoms with van der Waals surface area (Å²) in [5.41, 5.74) is 6.87. The Balaban J connectivity index is 2.39. The quantitative estimate of drug-likeness (QED) is 0.914. The van der Waals surface area contributed by atoms with Crippen LogP contribution in [0.2, 0.25) is 0 Å². The fraction of sp³-hybridized carbons (Fsp3) is 0.200. The number of benzene rings is 2. The van der Waals surface area contributed by atoms with Gasteiger partial charge in [0, 0.05) is 10.5 Å². The van der Waals surface area contributed by atoms with E-state index in [1.54, 1.807) is 7.11 Å². The normalized spacial score (nSPS) is 12.0. The van der Waals surface area contributed by atoms with Crippen molar-refractivity contribution in [1.29, 1.82) is 0 Å². The minimum atomic E-state index is -0.168. The molecule has 0 unspecified atom stereocenters. The molecule has 0 saturated carbocycles. The Labute approximate surface area is 121 Å². The van der Waals surface area contributed by atoms with Crippen molar-refractivity contribution in [2.75, 3.05) is 7.11 Å². The molecule has 4 heteroatoms. The van der Waals surface area contributed by atoms with E-state index in [0.717, 1.165) is 21.5 Å². The van der Waals surface area contributed by atoms with Gasteiger partial charge in [-0.15, -0.1) is 0 Å². The molecule has 1 atom stereocenters. The summed E-state index contributed by atoms with van der Waals surface area (Å²) >= 11 is 3.42. The molecule has 0 spiro atoms. The van der Waals surface area contributed by atoms with Crippen LogP contribution in [0.1, 0.15) is 18.5 Å². The third-order valence-corrected chi connectivity index (χ3v) is 3.22. The maximum Gasteiger partial charge on any atom is 0.135 e. The molecule has 0 amide bonds. The SMILES string of the molecule is COc1cccc(Oc2cccc(Br)c2)c1[C@@H](C)N. The van der Waals surface area contributed by atoms with Crippen molar-refractivity contribution in [2.45, 2.75) is 13.0 Å². The van der Waals surface area contributed by atoms with E-state index in [4.69, 9.17) is 15.2 Å². The maximum absolute atomic E-state index is 6.01. The molecule has 2 aromatic carbocycles. The second-order valence-corrected chi connectivity index (χ2v) is 5.14. The Hall–Kier alpha value is -1.52. The Kier molecular flexibility index (Phi) is 4.45. The number of hydrogen-bond donors (Lipinski definition) is 1. The molecule has 0 radical (unpaired) electrons. The Bertz CT molecular complexity index is 570. The van der Waals surface area contributed by atoms with Crippen LogP contribution in [-0.2, 0) is 0 Å². The Morgan fingerprint density at radius 2 is 1.79 bits per heavy atom. The Morgan fingerprint density at radius 3 is 2.42 bits per heavy atom. The number of methoxy groups -OCH3 is 1. The molecule has 2 rings (SSSR count). The summed E-state index contributed by atoms with van der Waals surface area (Å²) in [6, 6.07) is 13.2. The zero-order valence-corrected chi connectivity index (χ0v) is 12.5. The average Bonchev–Trinajstić information content (AvgIpc) is 2.38. The van der Waals surface area contributed by atoms with Gasteiger partial charge >= 0.3 is 0 Å². The highest BCUT2D eigenvalue weighted by atomic mass is 79.9. The number of halogens is 1. The number of hydrogen-bond acceptors (Lipinski definition) is 3. The number of rotatable bonds is 4. The molecule has 0 aromatic heterocycles.